The largest absolute Gasteiger partial charge is 0.378 e. The monoisotopic (exact) mass is 431 g/mol. The summed E-state index contributed by atoms with van der Waals surface area (Å²) in [5.74, 6) is 1.10. The smallest absolute Gasteiger partial charge is 0.246 e. The quantitative estimate of drug-likeness (QED) is 0.760. The number of fused-ring (bicyclic) bond motifs is 1. The summed E-state index contributed by atoms with van der Waals surface area (Å²) < 4.78 is 5.80. The molecular weight excluding hydrogens is 402 g/mol. The molecule has 0 aliphatic carbocycles. The number of hydrogen-bond donors (Lipinski definition) is 2. The van der Waals surface area contributed by atoms with Crippen LogP contribution in [-0.4, -0.2) is 89.0 Å². The van der Waals surface area contributed by atoms with E-state index in [0.29, 0.717) is 30.0 Å². The number of nitrogens with two attached hydrogens (primary N) is 1. The summed E-state index contributed by atoms with van der Waals surface area (Å²) in [4.78, 5) is 11.9. The molecule has 162 valence electrons. The molecule has 3 saturated heterocycles. The van der Waals surface area contributed by atoms with Gasteiger partial charge in [-0.3, -0.25) is 9.80 Å². The molecule has 30 heavy (non-hydrogen) atoms. The average Bonchev–Trinajstić information content (AvgIpc) is 3.21. The van der Waals surface area contributed by atoms with Gasteiger partial charge in [0.1, 0.15) is 0 Å². The van der Waals surface area contributed by atoms with Gasteiger partial charge in [-0.05, 0) is 37.0 Å². The van der Waals surface area contributed by atoms with Crippen LogP contribution in [-0.2, 0) is 11.2 Å². The normalized spacial score (nSPS) is 26.6. The first-order valence-electron chi connectivity index (χ1n) is 10.9. The highest BCUT2D eigenvalue weighted by Crippen LogP contribution is 2.28. The van der Waals surface area contributed by atoms with Crippen LogP contribution in [0.3, 0.4) is 0 Å². The zero-order chi connectivity index (χ0) is 20.5. The van der Waals surface area contributed by atoms with E-state index in [0.717, 1.165) is 70.2 Å². The van der Waals surface area contributed by atoms with Crippen molar-refractivity contribution in [1.82, 2.24) is 25.0 Å². The SMILES string of the molecule is Nc1nc(N2CCC(N3CC4COCCN4CC3Cc3ccc(Cl)cc3)CC2)n[nH]1. The molecular formula is C21H30ClN7O. The number of piperazine rings is 1. The van der Waals surface area contributed by atoms with Crippen molar-refractivity contribution < 1.29 is 4.74 Å². The van der Waals surface area contributed by atoms with Gasteiger partial charge in [0.05, 0.1) is 13.2 Å². The fourth-order valence-corrected chi connectivity index (χ4v) is 5.32. The van der Waals surface area contributed by atoms with Crippen LogP contribution in [0.1, 0.15) is 18.4 Å². The molecule has 0 amide bonds. The molecule has 2 atom stereocenters. The molecule has 0 bridgehead atoms. The van der Waals surface area contributed by atoms with Crippen molar-refractivity contribution in [3.05, 3.63) is 34.9 Å². The van der Waals surface area contributed by atoms with Gasteiger partial charge in [0.15, 0.2) is 0 Å². The predicted molar refractivity (Wildman–Crippen MR) is 118 cm³/mol. The second kappa shape index (κ2) is 8.70. The summed E-state index contributed by atoms with van der Waals surface area (Å²) in [6.07, 6.45) is 3.27. The minimum Gasteiger partial charge on any atom is -0.378 e. The van der Waals surface area contributed by atoms with E-state index in [1.54, 1.807) is 0 Å². The standard InChI is InChI=1S/C21H30ClN7O/c22-16-3-1-15(2-4-16)11-18-12-28-9-10-30-14-19(28)13-29(18)17-5-7-27(8-6-17)21-24-20(23)25-26-21/h1-4,17-19H,5-14H2,(H3,23,24,25,26). The molecule has 3 fully saturated rings. The number of anilines is 2. The van der Waals surface area contributed by atoms with Gasteiger partial charge in [-0.25, -0.2) is 5.10 Å². The number of H-pyrrole nitrogens is 1. The molecule has 2 aromatic rings. The van der Waals surface area contributed by atoms with Crippen LogP contribution in [0.15, 0.2) is 24.3 Å². The number of ether oxygens (including phenoxy) is 1. The van der Waals surface area contributed by atoms with E-state index in [1.807, 2.05) is 12.1 Å². The predicted octanol–water partition coefficient (Wildman–Crippen LogP) is 1.64. The van der Waals surface area contributed by atoms with E-state index < -0.39 is 0 Å². The Labute approximate surface area is 182 Å². The van der Waals surface area contributed by atoms with Crippen molar-refractivity contribution in [2.24, 2.45) is 0 Å². The molecule has 2 unspecified atom stereocenters. The fraction of sp³-hybridized carbons (Fsp3) is 0.619. The number of nitrogens with one attached hydrogen (secondary N) is 1. The van der Waals surface area contributed by atoms with Crippen LogP contribution in [0, 0.1) is 0 Å². The van der Waals surface area contributed by atoms with Crippen molar-refractivity contribution in [2.45, 2.75) is 37.4 Å². The van der Waals surface area contributed by atoms with E-state index in [2.05, 4.69) is 42.0 Å². The van der Waals surface area contributed by atoms with E-state index in [1.165, 1.54) is 5.56 Å². The zero-order valence-corrected chi connectivity index (χ0v) is 18.0. The number of morpholine rings is 1. The molecule has 3 aliphatic heterocycles. The third-order valence-corrected chi connectivity index (χ3v) is 7.03. The highest BCUT2D eigenvalue weighted by molar-refractivity contribution is 6.30. The molecule has 0 saturated carbocycles. The average molecular weight is 432 g/mol. The highest BCUT2D eigenvalue weighted by Gasteiger charge is 2.39. The fourth-order valence-electron chi connectivity index (χ4n) is 5.19. The second-order valence-corrected chi connectivity index (χ2v) is 9.08. The lowest BCUT2D eigenvalue weighted by Gasteiger charge is -2.52. The van der Waals surface area contributed by atoms with Gasteiger partial charge in [0, 0.05) is 55.9 Å². The van der Waals surface area contributed by atoms with E-state index in [4.69, 9.17) is 22.1 Å². The number of benzene rings is 1. The molecule has 1 aromatic carbocycles. The van der Waals surface area contributed by atoms with Gasteiger partial charge in [-0.2, -0.15) is 4.98 Å². The molecule has 8 nitrogen and oxygen atoms in total. The number of nitrogens with zero attached hydrogens (tertiary/aromatic N) is 5. The number of aromatic nitrogens is 3. The van der Waals surface area contributed by atoms with Crippen LogP contribution in [0.25, 0.3) is 0 Å². The third-order valence-electron chi connectivity index (χ3n) is 6.78. The Balaban J connectivity index is 1.29. The number of aromatic amines is 1. The van der Waals surface area contributed by atoms with Crippen molar-refractivity contribution in [1.29, 1.82) is 0 Å². The van der Waals surface area contributed by atoms with Gasteiger partial charge in [0.25, 0.3) is 0 Å². The minimum absolute atomic E-state index is 0.378. The maximum Gasteiger partial charge on any atom is 0.246 e. The number of hydrogen-bond acceptors (Lipinski definition) is 7. The zero-order valence-electron chi connectivity index (χ0n) is 17.2. The first kappa shape index (κ1) is 20.1. The molecule has 5 rings (SSSR count). The summed E-state index contributed by atoms with van der Waals surface area (Å²) in [7, 11) is 0. The van der Waals surface area contributed by atoms with Crippen LogP contribution in [0.4, 0.5) is 11.9 Å². The van der Waals surface area contributed by atoms with Gasteiger partial charge in [-0.15, -0.1) is 5.10 Å². The summed E-state index contributed by atoms with van der Waals surface area (Å²) in [6, 6.07) is 9.93. The Hall–Kier alpha value is -1.87. The summed E-state index contributed by atoms with van der Waals surface area (Å²) in [5.41, 5.74) is 7.06. The minimum atomic E-state index is 0.378. The molecule has 0 spiro atoms. The maximum atomic E-state index is 6.10. The second-order valence-electron chi connectivity index (χ2n) is 8.64. The van der Waals surface area contributed by atoms with Crippen LogP contribution in [0.2, 0.25) is 5.02 Å². The Kier molecular flexibility index (Phi) is 5.82. The third kappa shape index (κ3) is 4.27. The van der Waals surface area contributed by atoms with Crippen molar-refractivity contribution in [2.75, 3.05) is 56.6 Å². The summed E-state index contributed by atoms with van der Waals surface area (Å²) in [6.45, 7) is 6.83. The lowest BCUT2D eigenvalue weighted by atomic mass is 9.93. The summed E-state index contributed by atoms with van der Waals surface area (Å²) in [5, 5.41) is 7.77. The van der Waals surface area contributed by atoms with Crippen molar-refractivity contribution in [3.8, 4) is 0 Å². The molecule has 0 radical (unpaired) electrons. The molecule has 3 N–H and O–H groups in total. The molecule has 3 aliphatic rings. The van der Waals surface area contributed by atoms with Crippen molar-refractivity contribution >= 4 is 23.5 Å². The van der Waals surface area contributed by atoms with Crippen molar-refractivity contribution in [3.63, 3.8) is 0 Å². The van der Waals surface area contributed by atoms with Crippen LogP contribution < -0.4 is 10.6 Å². The lowest BCUT2D eigenvalue weighted by Crippen LogP contribution is -2.65. The number of rotatable bonds is 4. The first-order chi connectivity index (χ1) is 14.7. The van der Waals surface area contributed by atoms with Crippen LogP contribution in [0.5, 0.6) is 0 Å². The van der Waals surface area contributed by atoms with Gasteiger partial charge < -0.3 is 15.4 Å². The molecule has 9 heteroatoms. The van der Waals surface area contributed by atoms with Gasteiger partial charge >= 0.3 is 0 Å². The van der Waals surface area contributed by atoms with Gasteiger partial charge in [-0.1, -0.05) is 23.7 Å². The Morgan fingerprint density at radius 3 is 2.63 bits per heavy atom. The topological polar surface area (TPSA) is 86.5 Å². The number of nitrogen functional groups attached to an aromatic ring is 1. The Morgan fingerprint density at radius 1 is 1.10 bits per heavy atom. The van der Waals surface area contributed by atoms with E-state index in [9.17, 15) is 0 Å². The highest BCUT2D eigenvalue weighted by atomic mass is 35.5. The maximum absolute atomic E-state index is 6.10. The Bertz CT molecular complexity index is 836. The Morgan fingerprint density at radius 2 is 1.90 bits per heavy atom. The summed E-state index contributed by atoms with van der Waals surface area (Å²) >= 11 is 6.10. The van der Waals surface area contributed by atoms with Crippen LogP contribution >= 0.6 is 11.6 Å². The van der Waals surface area contributed by atoms with E-state index in [-0.39, 0.29) is 0 Å². The van der Waals surface area contributed by atoms with Gasteiger partial charge in [0.2, 0.25) is 11.9 Å². The molecule has 4 heterocycles. The number of halogens is 1. The number of piperidine rings is 1. The first-order valence-corrected chi connectivity index (χ1v) is 11.3. The molecule has 1 aromatic heterocycles. The lowest BCUT2D eigenvalue weighted by molar-refractivity contribution is -0.0766. The van der Waals surface area contributed by atoms with E-state index >= 15 is 0 Å².